The van der Waals surface area contributed by atoms with Crippen molar-refractivity contribution in [3.05, 3.63) is 18.0 Å². The smallest absolute Gasteiger partial charge is 0.297 e. The molecule has 2 aromatic rings. The normalized spacial score (nSPS) is 21.0. The van der Waals surface area contributed by atoms with Gasteiger partial charge in [-0.2, -0.15) is 5.10 Å². The molecule has 1 saturated heterocycles. The molecule has 4 rings (SSSR count). The number of amides is 2. The Morgan fingerprint density at radius 3 is 2.61 bits per heavy atom. The highest BCUT2D eigenvalue weighted by atomic mass is 16.7. The molecule has 1 unspecified atom stereocenters. The van der Waals surface area contributed by atoms with E-state index in [9.17, 15) is 9.59 Å². The summed E-state index contributed by atoms with van der Waals surface area (Å²) in [5, 5.41) is 13.1. The molecule has 33 heavy (non-hydrogen) atoms. The van der Waals surface area contributed by atoms with Crippen LogP contribution in [0, 0.1) is 0 Å². The molecule has 0 spiro atoms. The predicted molar refractivity (Wildman–Crippen MR) is 123 cm³/mol. The second-order valence-corrected chi connectivity index (χ2v) is 8.25. The van der Waals surface area contributed by atoms with Crippen molar-refractivity contribution >= 4 is 34.2 Å². The van der Waals surface area contributed by atoms with Gasteiger partial charge in [-0.25, -0.2) is 9.67 Å². The number of ether oxygens (including phenoxy) is 1. The van der Waals surface area contributed by atoms with E-state index in [-0.39, 0.29) is 12.5 Å². The Bertz CT molecular complexity index is 1070. The van der Waals surface area contributed by atoms with Crippen molar-refractivity contribution in [2.45, 2.75) is 58.2 Å². The van der Waals surface area contributed by atoms with E-state index >= 15 is 0 Å². The zero-order valence-electron chi connectivity index (χ0n) is 19.3. The standard InChI is InChI=1S/C22H31N7O4/c1-4-28(5-2)21(31)22(20(23)30)11-17(27-33-22)15-12-24-19-16(13-25-29(19)6-3)18(15)26-14-7-9-32-10-8-14/h12-14H,4-11H2,1-3H3,(H2,23,30)(H,24,26). The number of aryl methyl sites for hydroxylation is 1. The first-order valence-corrected chi connectivity index (χ1v) is 11.5. The van der Waals surface area contributed by atoms with Crippen LogP contribution in [0.15, 0.2) is 17.5 Å². The van der Waals surface area contributed by atoms with Crippen LogP contribution >= 0.6 is 0 Å². The Hall–Kier alpha value is -3.21. The number of fused-ring (bicyclic) bond motifs is 1. The lowest BCUT2D eigenvalue weighted by Crippen LogP contribution is -2.57. The molecule has 2 amide bonds. The number of carbonyl (C=O) groups excluding carboxylic acids is 2. The average Bonchev–Trinajstić information content (AvgIpc) is 3.46. The molecule has 2 aliphatic heterocycles. The van der Waals surface area contributed by atoms with Crippen molar-refractivity contribution in [3.8, 4) is 0 Å². The van der Waals surface area contributed by atoms with Crippen LogP contribution in [-0.2, 0) is 25.7 Å². The number of primary amides is 1. The Balaban J connectivity index is 1.73. The molecular formula is C22H31N7O4. The number of aromatic nitrogens is 3. The fraction of sp³-hybridized carbons (Fsp3) is 0.591. The van der Waals surface area contributed by atoms with Crippen molar-refractivity contribution < 1.29 is 19.2 Å². The molecule has 0 radical (unpaired) electrons. The number of likely N-dealkylation sites (N-methyl/N-ethyl adjacent to an activating group) is 1. The number of hydrogen-bond acceptors (Lipinski definition) is 8. The molecule has 11 nitrogen and oxygen atoms in total. The van der Waals surface area contributed by atoms with Gasteiger partial charge in [0.1, 0.15) is 0 Å². The first kappa shape index (κ1) is 23.0. The Morgan fingerprint density at radius 2 is 1.97 bits per heavy atom. The number of hydrogen-bond donors (Lipinski definition) is 2. The topological polar surface area (TPSA) is 137 Å². The monoisotopic (exact) mass is 457 g/mol. The summed E-state index contributed by atoms with van der Waals surface area (Å²) < 4.78 is 7.31. The summed E-state index contributed by atoms with van der Waals surface area (Å²) in [6.07, 6.45) is 5.13. The summed E-state index contributed by atoms with van der Waals surface area (Å²) in [5.74, 6) is -1.34. The maximum atomic E-state index is 13.2. The first-order chi connectivity index (χ1) is 15.9. The molecule has 1 atom stereocenters. The van der Waals surface area contributed by atoms with Crippen LogP contribution in [0.1, 0.15) is 45.6 Å². The number of nitrogens with one attached hydrogen (secondary N) is 1. The van der Waals surface area contributed by atoms with Crippen LogP contribution < -0.4 is 11.1 Å². The third kappa shape index (κ3) is 4.01. The predicted octanol–water partition coefficient (Wildman–Crippen LogP) is 1.26. The van der Waals surface area contributed by atoms with Gasteiger partial charge >= 0.3 is 0 Å². The van der Waals surface area contributed by atoms with Crippen molar-refractivity contribution in [2.24, 2.45) is 10.9 Å². The lowest BCUT2D eigenvalue weighted by molar-refractivity contribution is -0.163. The van der Waals surface area contributed by atoms with Gasteiger partial charge < -0.3 is 25.5 Å². The number of carbonyl (C=O) groups is 2. The molecule has 0 bridgehead atoms. The first-order valence-electron chi connectivity index (χ1n) is 11.5. The minimum Gasteiger partial charge on any atom is -0.381 e. The molecule has 0 aliphatic carbocycles. The molecule has 0 aromatic carbocycles. The van der Waals surface area contributed by atoms with Gasteiger partial charge in [-0.3, -0.25) is 9.59 Å². The molecule has 2 aliphatic rings. The van der Waals surface area contributed by atoms with E-state index in [1.165, 1.54) is 4.90 Å². The van der Waals surface area contributed by atoms with Crippen LogP contribution in [-0.4, -0.2) is 75.1 Å². The highest BCUT2D eigenvalue weighted by molar-refractivity contribution is 6.18. The summed E-state index contributed by atoms with van der Waals surface area (Å²) >= 11 is 0. The Labute approximate surface area is 192 Å². The van der Waals surface area contributed by atoms with Crippen LogP contribution in [0.25, 0.3) is 11.0 Å². The highest BCUT2D eigenvalue weighted by Gasteiger charge is 2.54. The minimum absolute atomic E-state index is 0.0603. The molecule has 178 valence electrons. The van der Waals surface area contributed by atoms with Gasteiger partial charge in [0.2, 0.25) is 0 Å². The number of pyridine rings is 1. The van der Waals surface area contributed by atoms with E-state index in [1.807, 2.05) is 25.5 Å². The summed E-state index contributed by atoms with van der Waals surface area (Å²) in [7, 11) is 0. The second-order valence-electron chi connectivity index (χ2n) is 8.25. The highest BCUT2D eigenvalue weighted by Crippen LogP contribution is 2.35. The number of rotatable bonds is 8. The summed E-state index contributed by atoms with van der Waals surface area (Å²) in [5.41, 5.74) is 6.49. The van der Waals surface area contributed by atoms with Crippen LogP contribution in [0.5, 0.6) is 0 Å². The fourth-order valence-corrected chi connectivity index (χ4v) is 4.37. The van der Waals surface area contributed by atoms with Crippen molar-refractivity contribution in [2.75, 3.05) is 31.6 Å². The van der Waals surface area contributed by atoms with E-state index in [4.69, 9.17) is 15.3 Å². The number of anilines is 1. The van der Waals surface area contributed by atoms with E-state index in [2.05, 4.69) is 20.6 Å². The average molecular weight is 458 g/mol. The number of nitrogens with zero attached hydrogens (tertiary/aromatic N) is 5. The van der Waals surface area contributed by atoms with Gasteiger partial charge in [-0.05, 0) is 33.6 Å². The zero-order chi connectivity index (χ0) is 23.6. The van der Waals surface area contributed by atoms with Gasteiger partial charge in [0.05, 0.1) is 29.4 Å². The summed E-state index contributed by atoms with van der Waals surface area (Å²) in [6.45, 7) is 8.60. The molecule has 2 aromatic heterocycles. The van der Waals surface area contributed by atoms with Crippen LogP contribution in [0.4, 0.5) is 5.69 Å². The largest absolute Gasteiger partial charge is 0.381 e. The molecule has 4 heterocycles. The molecule has 1 fully saturated rings. The van der Waals surface area contributed by atoms with Crippen molar-refractivity contribution in [1.29, 1.82) is 0 Å². The zero-order valence-corrected chi connectivity index (χ0v) is 19.3. The minimum atomic E-state index is -1.86. The van der Waals surface area contributed by atoms with Gasteiger partial charge in [0.15, 0.2) is 5.65 Å². The Kier molecular flexibility index (Phi) is 6.50. The van der Waals surface area contributed by atoms with Gasteiger partial charge in [0.25, 0.3) is 17.4 Å². The second kappa shape index (κ2) is 9.34. The third-order valence-electron chi connectivity index (χ3n) is 6.37. The molecular weight excluding hydrogens is 426 g/mol. The van der Waals surface area contributed by atoms with Gasteiger partial charge in [0, 0.05) is 50.7 Å². The van der Waals surface area contributed by atoms with Crippen molar-refractivity contribution in [3.63, 3.8) is 0 Å². The number of oxime groups is 1. The van der Waals surface area contributed by atoms with Crippen molar-refractivity contribution in [1.82, 2.24) is 19.7 Å². The van der Waals surface area contributed by atoms with E-state index in [0.29, 0.717) is 44.1 Å². The van der Waals surface area contributed by atoms with E-state index in [0.717, 1.165) is 29.6 Å². The lowest BCUT2D eigenvalue weighted by atomic mass is 9.91. The quantitative estimate of drug-likeness (QED) is 0.569. The SMILES string of the molecule is CCN(CC)C(=O)C1(C(N)=O)CC(c2cnc3c(cnn3CC)c2NC2CCOCC2)=NO1. The van der Waals surface area contributed by atoms with Crippen LogP contribution in [0.3, 0.4) is 0 Å². The number of nitrogens with two attached hydrogens (primary N) is 1. The van der Waals surface area contributed by atoms with Gasteiger partial charge in [-0.15, -0.1) is 0 Å². The maximum Gasteiger partial charge on any atom is 0.297 e. The molecule has 3 N–H and O–H groups in total. The molecule has 11 heteroatoms. The molecule has 0 saturated carbocycles. The van der Waals surface area contributed by atoms with Gasteiger partial charge in [-0.1, -0.05) is 5.16 Å². The maximum absolute atomic E-state index is 13.2. The Morgan fingerprint density at radius 1 is 1.24 bits per heavy atom. The third-order valence-corrected chi connectivity index (χ3v) is 6.37. The lowest BCUT2D eigenvalue weighted by Gasteiger charge is -2.28. The fourth-order valence-electron chi connectivity index (χ4n) is 4.37. The summed E-state index contributed by atoms with van der Waals surface area (Å²) in [6, 6.07) is 0.203. The van der Waals surface area contributed by atoms with E-state index in [1.54, 1.807) is 12.4 Å². The summed E-state index contributed by atoms with van der Waals surface area (Å²) in [4.78, 5) is 37.3. The van der Waals surface area contributed by atoms with E-state index < -0.39 is 17.4 Å². The van der Waals surface area contributed by atoms with Crippen LogP contribution in [0.2, 0.25) is 0 Å².